The van der Waals surface area contributed by atoms with Crippen molar-refractivity contribution in [1.82, 2.24) is 14.1 Å². The minimum Gasteiger partial charge on any atom is -0.383 e. The molecule has 8 nitrogen and oxygen atoms in total. The van der Waals surface area contributed by atoms with E-state index in [1.807, 2.05) is 25.7 Å². The highest BCUT2D eigenvalue weighted by atomic mass is 32.2. The van der Waals surface area contributed by atoms with Crippen LogP contribution >= 0.6 is 0 Å². The Morgan fingerprint density at radius 1 is 1.20 bits per heavy atom. The van der Waals surface area contributed by atoms with Crippen LogP contribution in [0.25, 0.3) is 0 Å². The first kappa shape index (κ1) is 29.2. The Morgan fingerprint density at radius 2 is 1.86 bits per heavy atom. The largest absolute Gasteiger partial charge is 0.383 e. The predicted octanol–water partition coefficient (Wildman–Crippen LogP) is 2.88. The highest BCUT2D eigenvalue weighted by Crippen LogP contribution is 2.24. The molecule has 2 rings (SSSR count). The molecule has 198 valence electrons. The van der Waals surface area contributed by atoms with Crippen LogP contribution in [0.3, 0.4) is 0 Å². The van der Waals surface area contributed by atoms with Crippen LogP contribution in [-0.2, 0) is 30.9 Å². The van der Waals surface area contributed by atoms with Crippen molar-refractivity contribution >= 4 is 21.8 Å². The molecule has 0 N–H and O–H groups in total. The van der Waals surface area contributed by atoms with Crippen LogP contribution in [0.5, 0.6) is 0 Å². The van der Waals surface area contributed by atoms with Gasteiger partial charge in [0, 0.05) is 45.8 Å². The highest BCUT2D eigenvalue weighted by molar-refractivity contribution is 7.89. The number of benzene rings is 1. The van der Waals surface area contributed by atoms with Crippen molar-refractivity contribution in [2.75, 3.05) is 45.6 Å². The first-order chi connectivity index (χ1) is 16.4. The Balaban J connectivity index is 2.20. The smallest absolute Gasteiger partial charge is 0.238 e. The van der Waals surface area contributed by atoms with Crippen LogP contribution in [-0.4, -0.2) is 86.0 Å². The molecule has 0 unspecified atom stereocenters. The van der Waals surface area contributed by atoms with E-state index in [2.05, 4.69) is 0 Å². The van der Waals surface area contributed by atoms with Crippen molar-refractivity contribution < 1.29 is 27.1 Å². The molecule has 0 bridgehead atoms. The fourth-order valence-corrected chi connectivity index (χ4v) is 5.20. The second-order valence-electron chi connectivity index (χ2n) is 10.2. The van der Waals surface area contributed by atoms with Crippen molar-refractivity contribution in [3.63, 3.8) is 0 Å². The number of hydrogen-bond donors (Lipinski definition) is 0. The summed E-state index contributed by atoms with van der Waals surface area (Å²) in [6.07, 6.45) is 1.61. The summed E-state index contributed by atoms with van der Waals surface area (Å²) in [6.45, 7) is 8.76. The number of carbonyl (C=O) groups excluding carboxylic acids is 2. The Kier molecular flexibility index (Phi) is 10.7. The van der Waals surface area contributed by atoms with Crippen LogP contribution in [0.2, 0.25) is 0 Å². The molecule has 1 heterocycles. The summed E-state index contributed by atoms with van der Waals surface area (Å²) in [5, 5.41) is 0. The zero-order valence-electron chi connectivity index (χ0n) is 21.6. The van der Waals surface area contributed by atoms with Gasteiger partial charge >= 0.3 is 0 Å². The summed E-state index contributed by atoms with van der Waals surface area (Å²) in [6, 6.07) is 5.88. The maximum Gasteiger partial charge on any atom is 0.238 e. The molecule has 1 saturated heterocycles. The van der Waals surface area contributed by atoms with E-state index >= 15 is 0 Å². The number of piperidine rings is 1. The third kappa shape index (κ3) is 9.16. The van der Waals surface area contributed by atoms with E-state index in [4.69, 9.17) is 4.74 Å². The van der Waals surface area contributed by atoms with Gasteiger partial charge in [0.05, 0.1) is 18.9 Å². The minimum atomic E-state index is -3.62. The maximum absolute atomic E-state index is 13.8. The molecule has 0 spiro atoms. The normalized spacial score (nSPS) is 15.5. The van der Waals surface area contributed by atoms with Crippen molar-refractivity contribution in [2.45, 2.75) is 59.5 Å². The molecule has 2 amide bonds. The van der Waals surface area contributed by atoms with Crippen LogP contribution in [0.4, 0.5) is 4.39 Å². The third-order valence-corrected chi connectivity index (χ3v) is 7.94. The summed E-state index contributed by atoms with van der Waals surface area (Å²) < 4.78 is 45.2. The molecule has 0 aromatic heterocycles. The number of amides is 2. The van der Waals surface area contributed by atoms with Gasteiger partial charge in [0.15, 0.2) is 0 Å². The number of likely N-dealkylation sites (tertiary alicyclic amines) is 1. The number of rotatable bonds is 11. The summed E-state index contributed by atoms with van der Waals surface area (Å²) in [7, 11) is -2.14. The minimum absolute atomic E-state index is 0.0754. The zero-order chi connectivity index (χ0) is 26.2. The van der Waals surface area contributed by atoms with Crippen LogP contribution in [0.1, 0.15) is 52.5 Å². The number of ether oxygens (including phenoxy) is 1. The summed E-state index contributed by atoms with van der Waals surface area (Å²) in [5.41, 5.74) is 0.524. The molecule has 1 aliphatic rings. The molecule has 1 aliphatic heterocycles. The van der Waals surface area contributed by atoms with E-state index < -0.39 is 15.8 Å². The summed E-state index contributed by atoms with van der Waals surface area (Å²) in [5.74, 6) is -0.768. The summed E-state index contributed by atoms with van der Waals surface area (Å²) in [4.78, 5) is 29.6. The number of hydrogen-bond acceptors (Lipinski definition) is 5. The van der Waals surface area contributed by atoms with Crippen molar-refractivity contribution in [3.8, 4) is 0 Å². The van der Waals surface area contributed by atoms with Gasteiger partial charge in [0.2, 0.25) is 21.8 Å². The lowest BCUT2D eigenvalue weighted by Crippen LogP contribution is -2.52. The molecule has 0 radical (unpaired) electrons. The highest BCUT2D eigenvalue weighted by Gasteiger charge is 2.33. The van der Waals surface area contributed by atoms with Crippen molar-refractivity contribution in [3.05, 3.63) is 35.6 Å². The van der Waals surface area contributed by atoms with Gasteiger partial charge in [0.1, 0.15) is 5.82 Å². The molecule has 1 aromatic rings. The molecule has 0 saturated carbocycles. The maximum atomic E-state index is 13.8. The molecular weight excluding hydrogens is 473 g/mol. The molecule has 0 aliphatic carbocycles. The van der Waals surface area contributed by atoms with Gasteiger partial charge in [-0.3, -0.25) is 9.59 Å². The van der Waals surface area contributed by atoms with E-state index in [9.17, 15) is 22.4 Å². The average Bonchev–Trinajstić information content (AvgIpc) is 2.79. The Morgan fingerprint density at radius 3 is 2.40 bits per heavy atom. The molecule has 35 heavy (non-hydrogen) atoms. The predicted molar refractivity (Wildman–Crippen MR) is 134 cm³/mol. The first-order valence-corrected chi connectivity index (χ1v) is 13.8. The standard InChI is InChI=1S/C25H40FN3O5S/c1-6-35(32,33)28(14-15-34-5)19-24(31)29(18-20-8-7-9-21(26)16-20)22-10-12-27(13-11-22)23(30)17-25(2,3)4/h7-9,16,22H,6,10-15,17-19H2,1-5H3. The molecule has 10 heteroatoms. The SMILES string of the molecule is CCS(=O)(=O)N(CCOC)CC(=O)N(Cc1cccc(F)c1)C1CCN(C(=O)CC(C)(C)C)CC1. The topological polar surface area (TPSA) is 87.2 Å². The fraction of sp³-hybridized carbons (Fsp3) is 0.680. The number of nitrogens with zero attached hydrogens (tertiary/aromatic N) is 3. The molecule has 1 aromatic carbocycles. The van der Waals surface area contributed by atoms with Crippen LogP contribution in [0, 0.1) is 11.2 Å². The average molecular weight is 514 g/mol. The van der Waals surface area contributed by atoms with E-state index in [0.29, 0.717) is 37.9 Å². The Bertz CT molecular complexity index is 956. The van der Waals surface area contributed by atoms with Gasteiger partial charge in [-0.15, -0.1) is 0 Å². The van der Waals surface area contributed by atoms with E-state index in [1.54, 1.807) is 17.0 Å². The lowest BCUT2D eigenvalue weighted by Gasteiger charge is -2.40. The number of carbonyl (C=O) groups is 2. The second-order valence-corrected chi connectivity index (χ2v) is 12.5. The quantitative estimate of drug-likeness (QED) is 0.454. The fourth-order valence-electron chi connectivity index (χ4n) is 4.18. The lowest BCUT2D eigenvalue weighted by atomic mass is 9.91. The third-order valence-electron chi connectivity index (χ3n) is 6.12. The van der Waals surface area contributed by atoms with Gasteiger partial charge in [0.25, 0.3) is 0 Å². The zero-order valence-corrected chi connectivity index (χ0v) is 22.4. The van der Waals surface area contributed by atoms with Crippen LogP contribution in [0.15, 0.2) is 24.3 Å². The van der Waals surface area contributed by atoms with Crippen LogP contribution < -0.4 is 0 Å². The van der Waals surface area contributed by atoms with E-state index in [1.165, 1.54) is 26.2 Å². The Hall–Kier alpha value is -2.04. The van der Waals surface area contributed by atoms with E-state index in [0.717, 1.165) is 4.31 Å². The number of sulfonamides is 1. The lowest BCUT2D eigenvalue weighted by molar-refractivity contribution is -0.138. The van der Waals surface area contributed by atoms with Gasteiger partial charge in [-0.2, -0.15) is 4.31 Å². The Labute approximate surface area is 209 Å². The van der Waals surface area contributed by atoms with Gasteiger partial charge in [-0.1, -0.05) is 32.9 Å². The molecule has 0 atom stereocenters. The van der Waals surface area contributed by atoms with Crippen molar-refractivity contribution in [2.24, 2.45) is 5.41 Å². The first-order valence-electron chi connectivity index (χ1n) is 12.1. The van der Waals surface area contributed by atoms with Gasteiger partial charge < -0.3 is 14.5 Å². The van der Waals surface area contributed by atoms with Gasteiger partial charge in [-0.05, 0) is 42.9 Å². The monoisotopic (exact) mass is 513 g/mol. The van der Waals surface area contributed by atoms with E-state index in [-0.39, 0.29) is 55.3 Å². The number of halogens is 1. The number of methoxy groups -OCH3 is 1. The molecule has 1 fully saturated rings. The molecular formula is C25H40FN3O5S. The van der Waals surface area contributed by atoms with Crippen molar-refractivity contribution in [1.29, 1.82) is 0 Å². The van der Waals surface area contributed by atoms with Gasteiger partial charge in [-0.25, -0.2) is 12.8 Å². The second kappa shape index (κ2) is 12.8. The summed E-state index contributed by atoms with van der Waals surface area (Å²) >= 11 is 0.